The second-order valence-electron chi connectivity index (χ2n) is 5.23. The fourth-order valence-corrected chi connectivity index (χ4v) is 3.86. The molecule has 0 saturated carbocycles. The summed E-state index contributed by atoms with van der Waals surface area (Å²) in [6, 6.07) is 7.08. The van der Waals surface area contributed by atoms with Gasteiger partial charge in [-0.05, 0) is 54.7 Å². The van der Waals surface area contributed by atoms with Gasteiger partial charge in [0.1, 0.15) is 0 Å². The van der Waals surface area contributed by atoms with Gasteiger partial charge in [0.05, 0.1) is 0 Å². The predicted molar refractivity (Wildman–Crippen MR) is 73.7 cm³/mol. The highest BCUT2D eigenvalue weighted by atomic mass is 79.9. The molecule has 1 nitrogen and oxygen atoms in total. The number of halogens is 1. The third-order valence-corrected chi connectivity index (χ3v) is 5.40. The second kappa shape index (κ2) is 5.11. The Bertz CT molecular complexity index is 396. The van der Waals surface area contributed by atoms with Crippen molar-refractivity contribution < 1.29 is 4.74 Å². The van der Waals surface area contributed by atoms with Gasteiger partial charge in [0, 0.05) is 18.0 Å². The summed E-state index contributed by atoms with van der Waals surface area (Å²) >= 11 is 3.90. The van der Waals surface area contributed by atoms with Crippen LogP contribution in [0, 0.1) is 5.92 Å². The van der Waals surface area contributed by atoms with Gasteiger partial charge in [0.25, 0.3) is 0 Å². The molecule has 1 saturated heterocycles. The van der Waals surface area contributed by atoms with Crippen molar-refractivity contribution in [3.63, 3.8) is 0 Å². The summed E-state index contributed by atoms with van der Waals surface area (Å²) in [7, 11) is 0. The molecule has 2 aliphatic rings. The summed E-state index contributed by atoms with van der Waals surface area (Å²) in [5, 5.41) is 0. The Morgan fingerprint density at radius 3 is 2.71 bits per heavy atom. The van der Waals surface area contributed by atoms with Gasteiger partial charge in [0.15, 0.2) is 0 Å². The van der Waals surface area contributed by atoms with Crippen LogP contribution in [-0.2, 0) is 17.6 Å². The molecule has 2 heteroatoms. The summed E-state index contributed by atoms with van der Waals surface area (Å²) in [4.78, 5) is 0.511. The number of alkyl halides is 1. The largest absolute Gasteiger partial charge is 0.381 e. The van der Waals surface area contributed by atoms with E-state index in [0.717, 1.165) is 19.1 Å². The Kier molecular flexibility index (Phi) is 3.53. The number of fused-ring (bicyclic) bond motifs is 1. The molecular formula is C15H19BrO. The van der Waals surface area contributed by atoms with Crippen LogP contribution in [-0.4, -0.2) is 13.2 Å². The van der Waals surface area contributed by atoms with Crippen molar-refractivity contribution in [1.82, 2.24) is 0 Å². The molecular weight excluding hydrogens is 276 g/mol. The van der Waals surface area contributed by atoms with Gasteiger partial charge in [-0.2, -0.15) is 0 Å². The zero-order valence-corrected chi connectivity index (χ0v) is 11.7. The normalized spacial score (nSPS) is 22.4. The summed E-state index contributed by atoms with van der Waals surface area (Å²) in [5.41, 5.74) is 4.62. The molecule has 0 N–H and O–H groups in total. The van der Waals surface area contributed by atoms with Crippen molar-refractivity contribution in [3.8, 4) is 0 Å². The lowest BCUT2D eigenvalue weighted by Crippen LogP contribution is -2.19. The van der Waals surface area contributed by atoms with Gasteiger partial charge < -0.3 is 4.74 Å². The molecule has 1 fully saturated rings. The SMILES string of the molecule is BrC(c1ccc2c(c1)CCC2)C1CCOCC1. The number of aryl methyl sites for hydroxylation is 2. The van der Waals surface area contributed by atoms with Crippen LogP contribution in [0.1, 0.15) is 40.8 Å². The monoisotopic (exact) mass is 294 g/mol. The van der Waals surface area contributed by atoms with E-state index in [0.29, 0.717) is 4.83 Å². The van der Waals surface area contributed by atoms with Gasteiger partial charge in [-0.25, -0.2) is 0 Å². The molecule has 1 aliphatic carbocycles. The van der Waals surface area contributed by atoms with Gasteiger partial charge in [-0.15, -0.1) is 0 Å². The minimum Gasteiger partial charge on any atom is -0.381 e. The van der Waals surface area contributed by atoms with Crippen molar-refractivity contribution in [1.29, 1.82) is 0 Å². The molecule has 0 aromatic heterocycles. The van der Waals surface area contributed by atoms with Crippen molar-refractivity contribution in [2.45, 2.75) is 36.9 Å². The molecule has 17 heavy (non-hydrogen) atoms. The third-order valence-electron chi connectivity index (χ3n) is 4.12. The first-order valence-corrected chi connectivity index (χ1v) is 7.59. The van der Waals surface area contributed by atoms with Crippen molar-refractivity contribution in [2.24, 2.45) is 5.92 Å². The summed E-state index contributed by atoms with van der Waals surface area (Å²) in [6.07, 6.45) is 6.26. The van der Waals surface area contributed by atoms with E-state index in [4.69, 9.17) is 4.74 Å². The number of rotatable bonds is 2. The van der Waals surface area contributed by atoms with E-state index in [2.05, 4.69) is 34.1 Å². The average molecular weight is 295 g/mol. The van der Waals surface area contributed by atoms with Gasteiger partial charge in [0.2, 0.25) is 0 Å². The summed E-state index contributed by atoms with van der Waals surface area (Å²) < 4.78 is 5.44. The van der Waals surface area contributed by atoms with E-state index < -0.39 is 0 Å². The minimum atomic E-state index is 0.511. The van der Waals surface area contributed by atoms with E-state index in [-0.39, 0.29) is 0 Å². The van der Waals surface area contributed by atoms with E-state index in [1.165, 1.54) is 37.7 Å². The van der Waals surface area contributed by atoms with Crippen molar-refractivity contribution in [3.05, 3.63) is 34.9 Å². The number of hydrogen-bond acceptors (Lipinski definition) is 1. The van der Waals surface area contributed by atoms with Crippen LogP contribution in [0.3, 0.4) is 0 Å². The van der Waals surface area contributed by atoms with Gasteiger partial charge >= 0.3 is 0 Å². The van der Waals surface area contributed by atoms with Gasteiger partial charge in [-0.3, -0.25) is 0 Å². The maximum atomic E-state index is 5.44. The van der Waals surface area contributed by atoms with Crippen LogP contribution in [0.4, 0.5) is 0 Å². The molecule has 1 aromatic rings. The van der Waals surface area contributed by atoms with E-state index in [1.807, 2.05) is 0 Å². The lowest BCUT2D eigenvalue weighted by molar-refractivity contribution is 0.0662. The molecule has 1 aliphatic heterocycles. The molecule has 1 heterocycles. The van der Waals surface area contributed by atoms with Crippen LogP contribution in [0.25, 0.3) is 0 Å². The molecule has 0 amide bonds. The molecule has 0 bridgehead atoms. The molecule has 3 rings (SSSR count). The molecule has 1 atom stereocenters. The van der Waals surface area contributed by atoms with Crippen LogP contribution < -0.4 is 0 Å². The fourth-order valence-electron chi connectivity index (χ4n) is 3.04. The van der Waals surface area contributed by atoms with Crippen LogP contribution in [0.15, 0.2) is 18.2 Å². The van der Waals surface area contributed by atoms with Crippen LogP contribution >= 0.6 is 15.9 Å². The van der Waals surface area contributed by atoms with Gasteiger partial charge in [-0.1, -0.05) is 34.1 Å². The van der Waals surface area contributed by atoms with Crippen molar-refractivity contribution >= 4 is 15.9 Å². The fraction of sp³-hybridized carbons (Fsp3) is 0.600. The predicted octanol–water partition coefficient (Wildman–Crippen LogP) is 4.04. The maximum absolute atomic E-state index is 5.44. The molecule has 0 spiro atoms. The standard InChI is InChI=1S/C15H19BrO/c16-15(12-6-8-17-9-7-12)14-5-4-11-2-1-3-13(11)10-14/h4-5,10,12,15H,1-3,6-9H2. The third kappa shape index (κ3) is 2.43. The topological polar surface area (TPSA) is 9.23 Å². The Morgan fingerprint density at radius 1 is 1.12 bits per heavy atom. The number of hydrogen-bond donors (Lipinski definition) is 0. The maximum Gasteiger partial charge on any atom is 0.0469 e. The average Bonchev–Trinajstić information content (AvgIpc) is 2.86. The molecule has 1 unspecified atom stereocenters. The van der Waals surface area contributed by atoms with Crippen LogP contribution in [0.5, 0.6) is 0 Å². The Hall–Kier alpha value is -0.340. The Morgan fingerprint density at radius 2 is 1.88 bits per heavy atom. The lowest BCUT2D eigenvalue weighted by Gasteiger charge is -2.27. The molecule has 0 radical (unpaired) electrons. The lowest BCUT2D eigenvalue weighted by atomic mass is 9.91. The smallest absolute Gasteiger partial charge is 0.0469 e. The Labute approximate surface area is 112 Å². The second-order valence-corrected chi connectivity index (χ2v) is 6.22. The minimum absolute atomic E-state index is 0.511. The first-order chi connectivity index (χ1) is 8.34. The van der Waals surface area contributed by atoms with E-state index in [1.54, 1.807) is 11.1 Å². The van der Waals surface area contributed by atoms with E-state index >= 15 is 0 Å². The number of ether oxygens (including phenoxy) is 1. The van der Waals surface area contributed by atoms with E-state index in [9.17, 15) is 0 Å². The first kappa shape index (κ1) is 11.7. The first-order valence-electron chi connectivity index (χ1n) is 6.68. The highest BCUT2D eigenvalue weighted by molar-refractivity contribution is 9.09. The highest BCUT2D eigenvalue weighted by Gasteiger charge is 2.24. The molecule has 92 valence electrons. The zero-order valence-electron chi connectivity index (χ0n) is 10.1. The summed E-state index contributed by atoms with van der Waals surface area (Å²) in [5.74, 6) is 0.739. The number of benzene rings is 1. The summed E-state index contributed by atoms with van der Waals surface area (Å²) in [6.45, 7) is 1.86. The molecule has 1 aromatic carbocycles. The quantitative estimate of drug-likeness (QED) is 0.748. The van der Waals surface area contributed by atoms with Crippen LogP contribution in [0.2, 0.25) is 0 Å². The zero-order chi connectivity index (χ0) is 11.7. The Balaban J connectivity index is 1.78. The highest BCUT2D eigenvalue weighted by Crippen LogP contribution is 2.38. The van der Waals surface area contributed by atoms with Crippen molar-refractivity contribution in [2.75, 3.05) is 13.2 Å².